The van der Waals surface area contributed by atoms with Gasteiger partial charge in [0.2, 0.25) is 0 Å². The third kappa shape index (κ3) is 2.96. The Hall–Kier alpha value is -1.78. The highest BCUT2D eigenvalue weighted by Crippen LogP contribution is 2.39. The first-order chi connectivity index (χ1) is 10.0. The average molecular weight is 306 g/mol. The number of phenolic OH excluding ortho intramolecular Hbond substituents is 1. The lowest BCUT2D eigenvalue weighted by Gasteiger charge is -2.21. The van der Waals surface area contributed by atoms with Gasteiger partial charge in [-0.3, -0.25) is 0 Å². The van der Waals surface area contributed by atoms with Crippen molar-refractivity contribution in [3.05, 3.63) is 48.0 Å². The zero-order valence-electron chi connectivity index (χ0n) is 12.3. The summed E-state index contributed by atoms with van der Waals surface area (Å²) < 4.78 is 0. The van der Waals surface area contributed by atoms with E-state index in [0.29, 0.717) is 10.7 Å². The molecule has 0 amide bonds. The maximum absolute atomic E-state index is 10.5. The Kier molecular flexibility index (Phi) is 4.70. The summed E-state index contributed by atoms with van der Waals surface area (Å²) in [5, 5.41) is 17.0. The zero-order chi connectivity index (χ0) is 15.6. The van der Waals surface area contributed by atoms with E-state index in [0.717, 1.165) is 17.7 Å². The average Bonchev–Trinajstić information content (AvgIpc) is 2.91. The van der Waals surface area contributed by atoms with Gasteiger partial charge in [0, 0.05) is 10.6 Å². The van der Waals surface area contributed by atoms with Gasteiger partial charge >= 0.3 is 0 Å². The minimum Gasteiger partial charge on any atom is -0.505 e. The van der Waals surface area contributed by atoms with Crippen LogP contribution in [0, 0.1) is 0 Å². The van der Waals surface area contributed by atoms with Crippen LogP contribution < -0.4 is 10.5 Å². The van der Waals surface area contributed by atoms with Gasteiger partial charge in [-0.05, 0) is 30.5 Å². The molecule has 0 aromatic heterocycles. The highest BCUT2D eigenvalue weighted by atomic mass is 35.5. The van der Waals surface area contributed by atoms with E-state index in [9.17, 15) is 5.11 Å². The third-order valence-corrected chi connectivity index (χ3v) is 3.91. The van der Waals surface area contributed by atoms with Crippen molar-refractivity contribution in [1.29, 1.82) is 0 Å². The molecule has 0 saturated heterocycles. The Balaban J connectivity index is 2.46. The standard InChI is InChI=1S/C16H20ClN3O/c1-5-10(4)12-8-11(17)9-15(16(12)21)20-18-13(6-2)14(7-3)19-20/h6-10,13,18,21H,2-3,5H2,1,4H3. The molecule has 0 saturated carbocycles. The summed E-state index contributed by atoms with van der Waals surface area (Å²) in [6.45, 7) is 11.6. The maximum Gasteiger partial charge on any atom is 0.146 e. The van der Waals surface area contributed by atoms with Crippen molar-refractivity contribution in [2.45, 2.75) is 32.2 Å². The molecule has 4 nitrogen and oxygen atoms in total. The Bertz CT molecular complexity index is 597. The highest BCUT2D eigenvalue weighted by Gasteiger charge is 2.26. The number of nitrogens with one attached hydrogen (secondary N) is 1. The lowest BCUT2D eigenvalue weighted by molar-refractivity contribution is 0.459. The molecule has 0 radical (unpaired) electrons. The number of aromatic hydroxyl groups is 1. The van der Waals surface area contributed by atoms with Gasteiger partial charge in [-0.25, -0.2) is 0 Å². The molecule has 0 spiro atoms. The summed E-state index contributed by atoms with van der Waals surface area (Å²) in [6, 6.07) is 3.35. The molecule has 1 aliphatic heterocycles. The number of benzene rings is 1. The summed E-state index contributed by atoms with van der Waals surface area (Å²) >= 11 is 6.19. The molecule has 21 heavy (non-hydrogen) atoms. The number of halogens is 1. The zero-order valence-corrected chi connectivity index (χ0v) is 13.1. The van der Waals surface area contributed by atoms with Gasteiger partial charge in [0.1, 0.15) is 11.4 Å². The molecule has 0 bridgehead atoms. The number of nitrogens with zero attached hydrogens (tertiary/aromatic N) is 2. The van der Waals surface area contributed by atoms with Crippen molar-refractivity contribution in [3.63, 3.8) is 0 Å². The Labute approximate surface area is 130 Å². The first-order valence-electron chi connectivity index (χ1n) is 6.94. The van der Waals surface area contributed by atoms with Gasteiger partial charge in [0.05, 0.1) is 11.8 Å². The first kappa shape index (κ1) is 15.6. The molecule has 112 valence electrons. The van der Waals surface area contributed by atoms with Crippen LogP contribution in [-0.2, 0) is 0 Å². The third-order valence-electron chi connectivity index (χ3n) is 3.70. The number of hydrazine groups is 1. The van der Waals surface area contributed by atoms with Gasteiger partial charge in [-0.1, -0.05) is 38.1 Å². The Morgan fingerprint density at radius 1 is 1.52 bits per heavy atom. The van der Waals surface area contributed by atoms with E-state index < -0.39 is 0 Å². The largest absolute Gasteiger partial charge is 0.505 e. The number of rotatable bonds is 5. The highest BCUT2D eigenvalue weighted by molar-refractivity contribution is 6.31. The van der Waals surface area contributed by atoms with Crippen LogP contribution in [0.5, 0.6) is 5.75 Å². The van der Waals surface area contributed by atoms with E-state index in [1.807, 2.05) is 0 Å². The van der Waals surface area contributed by atoms with Crippen LogP contribution in [0.15, 0.2) is 42.5 Å². The Morgan fingerprint density at radius 2 is 2.24 bits per heavy atom. The molecule has 1 aromatic carbocycles. The van der Waals surface area contributed by atoms with E-state index in [4.69, 9.17) is 11.6 Å². The molecule has 0 fully saturated rings. The summed E-state index contributed by atoms with van der Waals surface area (Å²) in [5.74, 6) is 0.404. The predicted molar refractivity (Wildman–Crippen MR) is 89.1 cm³/mol. The van der Waals surface area contributed by atoms with E-state index in [1.165, 1.54) is 5.12 Å². The number of hydrazone groups is 1. The van der Waals surface area contributed by atoms with Crippen molar-refractivity contribution >= 4 is 23.0 Å². The Morgan fingerprint density at radius 3 is 2.76 bits per heavy atom. The monoisotopic (exact) mass is 305 g/mol. The van der Waals surface area contributed by atoms with Crippen molar-refractivity contribution in [1.82, 2.24) is 5.43 Å². The molecule has 2 unspecified atom stereocenters. The number of hydrogen-bond acceptors (Lipinski definition) is 4. The topological polar surface area (TPSA) is 47.9 Å². The fourth-order valence-electron chi connectivity index (χ4n) is 2.23. The second-order valence-electron chi connectivity index (χ2n) is 5.06. The molecule has 1 aliphatic rings. The molecule has 5 heteroatoms. The molecule has 1 heterocycles. The second-order valence-corrected chi connectivity index (χ2v) is 5.49. The van der Waals surface area contributed by atoms with Crippen LogP contribution in [0.1, 0.15) is 31.7 Å². The van der Waals surface area contributed by atoms with Crippen molar-refractivity contribution < 1.29 is 5.11 Å². The van der Waals surface area contributed by atoms with Gasteiger partial charge in [-0.15, -0.1) is 6.58 Å². The van der Waals surface area contributed by atoms with Crippen LogP contribution in [0.25, 0.3) is 0 Å². The molecule has 2 rings (SSSR count). The minimum atomic E-state index is -0.132. The lowest BCUT2D eigenvalue weighted by atomic mass is 9.97. The van der Waals surface area contributed by atoms with Gasteiger partial charge in [-0.2, -0.15) is 15.6 Å². The molecule has 1 aromatic rings. The molecular weight excluding hydrogens is 286 g/mol. The predicted octanol–water partition coefficient (Wildman–Crippen LogP) is 3.98. The summed E-state index contributed by atoms with van der Waals surface area (Å²) in [5.41, 5.74) is 5.22. The van der Waals surface area contributed by atoms with Gasteiger partial charge in [0.15, 0.2) is 0 Å². The summed E-state index contributed by atoms with van der Waals surface area (Å²) in [4.78, 5) is 0. The van der Waals surface area contributed by atoms with E-state index in [1.54, 1.807) is 24.3 Å². The van der Waals surface area contributed by atoms with Crippen LogP contribution >= 0.6 is 11.6 Å². The van der Waals surface area contributed by atoms with E-state index in [-0.39, 0.29) is 17.7 Å². The van der Waals surface area contributed by atoms with Crippen LogP contribution in [0.3, 0.4) is 0 Å². The molecule has 2 N–H and O–H groups in total. The number of anilines is 1. The van der Waals surface area contributed by atoms with Crippen molar-refractivity contribution in [2.24, 2.45) is 5.10 Å². The number of phenols is 1. The fraction of sp³-hybridized carbons (Fsp3) is 0.312. The van der Waals surface area contributed by atoms with Gasteiger partial charge < -0.3 is 5.11 Å². The molecular formula is C16H20ClN3O. The molecule has 0 aliphatic carbocycles. The lowest BCUT2D eigenvalue weighted by Crippen LogP contribution is -2.36. The fourth-order valence-corrected chi connectivity index (χ4v) is 2.45. The van der Waals surface area contributed by atoms with Crippen LogP contribution in [-0.4, -0.2) is 16.9 Å². The summed E-state index contributed by atoms with van der Waals surface area (Å²) in [7, 11) is 0. The van der Waals surface area contributed by atoms with E-state index >= 15 is 0 Å². The van der Waals surface area contributed by atoms with Crippen molar-refractivity contribution in [2.75, 3.05) is 5.12 Å². The van der Waals surface area contributed by atoms with E-state index in [2.05, 4.69) is 37.5 Å². The summed E-state index contributed by atoms with van der Waals surface area (Å²) in [6.07, 6.45) is 4.31. The first-order valence-corrected chi connectivity index (χ1v) is 7.31. The number of hydrogen-bond donors (Lipinski definition) is 2. The minimum absolute atomic E-state index is 0.132. The maximum atomic E-state index is 10.5. The van der Waals surface area contributed by atoms with Gasteiger partial charge in [0.25, 0.3) is 0 Å². The molecule has 2 atom stereocenters. The quantitative estimate of drug-likeness (QED) is 0.809. The smallest absolute Gasteiger partial charge is 0.146 e. The van der Waals surface area contributed by atoms with Crippen LogP contribution in [0.4, 0.5) is 5.69 Å². The van der Waals surface area contributed by atoms with Crippen molar-refractivity contribution in [3.8, 4) is 5.75 Å². The second kappa shape index (κ2) is 6.33. The SMILES string of the molecule is C=CC1=NN(c2cc(Cl)cc(C(C)CC)c2O)NC1C=C. The normalized spacial score (nSPS) is 19.3. The van der Waals surface area contributed by atoms with Crippen LogP contribution in [0.2, 0.25) is 5.02 Å².